The van der Waals surface area contributed by atoms with Gasteiger partial charge in [0.25, 0.3) is 0 Å². The number of carboxylic acids is 1. The molecule has 4 nitrogen and oxygen atoms in total. The summed E-state index contributed by atoms with van der Waals surface area (Å²) in [6.45, 7) is 3.56. The Hall–Kier alpha value is -1.49. The highest BCUT2D eigenvalue weighted by molar-refractivity contribution is 7.99. The minimum absolute atomic E-state index is 0.116. The number of carbonyl (C=O) groups is 2. The van der Waals surface area contributed by atoms with Crippen molar-refractivity contribution in [2.75, 3.05) is 5.75 Å². The zero-order chi connectivity index (χ0) is 15.0. The molecule has 1 amide bonds. The Kier molecular flexibility index (Phi) is 7.15. The van der Waals surface area contributed by atoms with E-state index in [9.17, 15) is 9.59 Å². The zero-order valence-corrected chi connectivity index (χ0v) is 12.7. The maximum atomic E-state index is 11.7. The first-order valence-electron chi connectivity index (χ1n) is 6.70. The lowest BCUT2D eigenvalue weighted by atomic mass is 10.0. The van der Waals surface area contributed by atoms with Crippen LogP contribution in [0.1, 0.15) is 26.7 Å². The summed E-state index contributed by atoms with van der Waals surface area (Å²) in [5, 5.41) is 11.6. The van der Waals surface area contributed by atoms with Crippen molar-refractivity contribution in [2.45, 2.75) is 37.6 Å². The third-order valence-electron chi connectivity index (χ3n) is 2.81. The van der Waals surface area contributed by atoms with Gasteiger partial charge in [0, 0.05) is 11.3 Å². The topological polar surface area (TPSA) is 66.4 Å². The number of hydrogen-bond acceptors (Lipinski definition) is 3. The Morgan fingerprint density at radius 1 is 1.25 bits per heavy atom. The summed E-state index contributed by atoms with van der Waals surface area (Å²) in [6, 6.07) is 9.19. The molecule has 1 rings (SSSR count). The fourth-order valence-corrected chi connectivity index (χ4v) is 2.57. The Morgan fingerprint density at radius 3 is 2.45 bits per heavy atom. The number of benzene rings is 1. The minimum atomic E-state index is -0.980. The molecule has 110 valence electrons. The standard InChI is InChI=1S/C15H21NO3S/c1-11(2)14(15(18)19)16-13(17)9-6-10-20-12-7-4-3-5-8-12/h3-5,7-8,11,14H,6,9-10H2,1-2H3,(H,16,17)(H,18,19)/t14-/m1/s1. The summed E-state index contributed by atoms with van der Waals surface area (Å²) >= 11 is 1.70. The lowest BCUT2D eigenvalue weighted by Crippen LogP contribution is -2.44. The van der Waals surface area contributed by atoms with Gasteiger partial charge in [-0.15, -0.1) is 11.8 Å². The van der Waals surface area contributed by atoms with E-state index in [0.717, 1.165) is 12.2 Å². The van der Waals surface area contributed by atoms with Crippen molar-refractivity contribution in [3.63, 3.8) is 0 Å². The highest BCUT2D eigenvalue weighted by Gasteiger charge is 2.22. The summed E-state index contributed by atoms with van der Waals surface area (Å²) in [4.78, 5) is 23.8. The number of nitrogens with one attached hydrogen (secondary N) is 1. The molecule has 1 aromatic carbocycles. The minimum Gasteiger partial charge on any atom is -0.480 e. The third-order valence-corrected chi connectivity index (χ3v) is 3.91. The first kappa shape index (κ1) is 16.6. The van der Waals surface area contributed by atoms with Gasteiger partial charge in [0.2, 0.25) is 5.91 Å². The first-order chi connectivity index (χ1) is 9.50. The number of rotatable bonds is 8. The lowest BCUT2D eigenvalue weighted by Gasteiger charge is -2.17. The van der Waals surface area contributed by atoms with Crippen LogP contribution in [0.5, 0.6) is 0 Å². The summed E-state index contributed by atoms with van der Waals surface area (Å²) in [5.41, 5.74) is 0. The van der Waals surface area contributed by atoms with E-state index in [0.29, 0.717) is 6.42 Å². The second-order valence-corrected chi connectivity index (χ2v) is 6.06. The molecule has 0 bridgehead atoms. The van der Waals surface area contributed by atoms with Gasteiger partial charge >= 0.3 is 5.97 Å². The van der Waals surface area contributed by atoms with Crippen molar-refractivity contribution in [3.8, 4) is 0 Å². The summed E-state index contributed by atoms with van der Waals surface area (Å²) in [5.74, 6) is -0.446. The lowest BCUT2D eigenvalue weighted by molar-refractivity contribution is -0.143. The van der Waals surface area contributed by atoms with Crippen LogP contribution in [0.3, 0.4) is 0 Å². The second kappa shape index (κ2) is 8.64. The summed E-state index contributed by atoms with van der Waals surface area (Å²) in [6.07, 6.45) is 1.09. The van der Waals surface area contributed by atoms with Crippen LogP contribution in [-0.2, 0) is 9.59 Å². The van der Waals surface area contributed by atoms with Crippen LogP contribution in [0.4, 0.5) is 0 Å². The fourth-order valence-electron chi connectivity index (χ4n) is 1.70. The van der Waals surface area contributed by atoms with Crippen LogP contribution in [-0.4, -0.2) is 28.8 Å². The molecule has 0 radical (unpaired) electrons. The first-order valence-corrected chi connectivity index (χ1v) is 7.69. The van der Waals surface area contributed by atoms with Crippen molar-refractivity contribution in [1.82, 2.24) is 5.32 Å². The average molecular weight is 295 g/mol. The molecule has 1 aromatic rings. The van der Waals surface area contributed by atoms with E-state index in [-0.39, 0.29) is 11.8 Å². The molecule has 0 aliphatic carbocycles. The van der Waals surface area contributed by atoms with Gasteiger partial charge in [0.05, 0.1) is 0 Å². The fraction of sp³-hybridized carbons (Fsp3) is 0.467. The maximum Gasteiger partial charge on any atom is 0.326 e. The molecule has 2 N–H and O–H groups in total. The van der Waals surface area contributed by atoms with Crippen molar-refractivity contribution < 1.29 is 14.7 Å². The molecule has 0 aliphatic rings. The second-order valence-electron chi connectivity index (χ2n) is 4.89. The molecular weight excluding hydrogens is 274 g/mol. The number of aliphatic carboxylic acids is 1. The quantitative estimate of drug-likeness (QED) is 0.571. The van der Waals surface area contributed by atoms with E-state index in [1.165, 1.54) is 4.90 Å². The maximum absolute atomic E-state index is 11.7. The van der Waals surface area contributed by atoms with Crippen LogP contribution in [0.2, 0.25) is 0 Å². The molecular formula is C15H21NO3S. The van der Waals surface area contributed by atoms with E-state index < -0.39 is 12.0 Å². The molecule has 0 heterocycles. The molecule has 0 aliphatic heterocycles. The van der Waals surface area contributed by atoms with Gasteiger partial charge in [-0.05, 0) is 30.2 Å². The van der Waals surface area contributed by atoms with Crippen molar-refractivity contribution in [1.29, 1.82) is 0 Å². The van der Waals surface area contributed by atoms with Crippen LogP contribution in [0.15, 0.2) is 35.2 Å². The smallest absolute Gasteiger partial charge is 0.326 e. The molecule has 0 aromatic heterocycles. The van der Waals surface area contributed by atoms with E-state index in [2.05, 4.69) is 5.32 Å². The van der Waals surface area contributed by atoms with E-state index >= 15 is 0 Å². The third kappa shape index (κ3) is 6.10. The highest BCUT2D eigenvalue weighted by atomic mass is 32.2. The van der Waals surface area contributed by atoms with Crippen molar-refractivity contribution in [3.05, 3.63) is 30.3 Å². The molecule has 1 atom stereocenters. The molecule has 0 fully saturated rings. The summed E-state index contributed by atoms with van der Waals surface area (Å²) in [7, 11) is 0. The molecule has 5 heteroatoms. The van der Waals surface area contributed by atoms with Crippen LogP contribution >= 0.6 is 11.8 Å². The SMILES string of the molecule is CC(C)[C@@H](NC(=O)CCCSc1ccccc1)C(=O)O. The van der Waals surface area contributed by atoms with Crippen molar-refractivity contribution >= 4 is 23.6 Å². The van der Waals surface area contributed by atoms with Crippen molar-refractivity contribution in [2.24, 2.45) is 5.92 Å². The van der Waals surface area contributed by atoms with E-state index in [1.54, 1.807) is 25.6 Å². The van der Waals surface area contributed by atoms with Gasteiger partial charge in [0.15, 0.2) is 0 Å². The predicted molar refractivity (Wildman–Crippen MR) is 80.8 cm³/mol. The van der Waals surface area contributed by atoms with Crippen LogP contribution in [0.25, 0.3) is 0 Å². The molecule has 20 heavy (non-hydrogen) atoms. The van der Waals surface area contributed by atoms with Gasteiger partial charge in [-0.3, -0.25) is 4.79 Å². The molecule has 0 saturated heterocycles. The Morgan fingerprint density at radius 2 is 1.90 bits per heavy atom. The number of thioether (sulfide) groups is 1. The number of carboxylic acid groups (broad SMARTS) is 1. The van der Waals surface area contributed by atoms with Gasteiger partial charge in [-0.2, -0.15) is 0 Å². The molecule has 0 unspecified atom stereocenters. The monoisotopic (exact) mass is 295 g/mol. The number of carbonyl (C=O) groups excluding carboxylic acids is 1. The molecule has 0 saturated carbocycles. The predicted octanol–water partition coefficient (Wildman–Crippen LogP) is 2.78. The molecule has 0 spiro atoms. The normalized spacial score (nSPS) is 12.2. The van der Waals surface area contributed by atoms with E-state index in [1.807, 2.05) is 30.3 Å². The van der Waals surface area contributed by atoms with Gasteiger partial charge in [0.1, 0.15) is 6.04 Å². The van der Waals surface area contributed by atoms with Crippen LogP contribution in [0, 0.1) is 5.92 Å². The van der Waals surface area contributed by atoms with Crippen LogP contribution < -0.4 is 5.32 Å². The Bertz CT molecular complexity index is 434. The number of hydrogen-bond donors (Lipinski definition) is 2. The Balaban J connectivity index is 2.24. The van der Waals surface area contributed by atoms with Gasteiger partial charge in [-0.25, -0.2) is 4.79 Å². The largest absolute Gasteiger partial charge is 0.480 e. The zero-order valence-electron chi connectivity index (χ0n) is 11.8. The Labute approximate surface area is 124 Å². The average Bonchev–Trinajstić information content (AvgIpc) is 2.41. The highest BCUT2D eigenvalue weighted by Crippen LogP contribution is 2.18. The van der Waals surface area contributed by atoms with Gasteiger partial charge in [-0.1, -0.05) is 32.0 Å². The van der Waals surface area contributed by atoms with Gasteiger partial charge < -0.3 is 10.4 Å². The number of amides is 1. The van der Waals surface area contributed by atoms with E-state index in [4.69, 9.17) is 5.11 Å². The summed E-state index contributed by atoms with van der Waals surface area (Å²) < 4.78 is 0.